The van der Waals surface area contributed by atoms with Gasteiger partial charge in [0.25, 0.3) is 11.8 Å². The molecular weight excluding hydrogens is 388 g/mol. The van der Waals surface area contributed by atoms with Crippen LogP contribution >= 0.6 is 0 Å². The number of carbonyl (C=O) groups excluding carboxylic acids is 2. The van der Waals surface area contributed by atoms with Crippen LogP contribution in [0.15, 0.2) is 53.4 Å². The van der Waals surface area contributed by atoms with Crippen molar-refractivity contribution in [2.75, 3.05) is 13.1 Å². The highest BCUT2D eigenvalue weighted by Gasteiger charge is 2.25. The zero-order valence-corrected chi connectivity index (χ0v) is 17.5. The fourth-order valence-electron chi connectivity index (χ4n) is 3.35. The second-order valence-electron chi connectivity index (χ2n) is 7.47. The van der Waals surface area contributed by atoms with Gasteiger partial charge in [-0.25, -0.2) is 8.42 Å². The summed E-state index contributed by atoms with van der Waals surface area (Å²) in [7, 11) is -3.57. The first-order valence-corrected chi connectivity index (χ1v) is 11.3. The van der Waals surface area contributed by atoms with Gasteiger partial charge in [0.15, 0.2) is 9.84 Å². The summed E-state index contributed by atoms with van der Waals surface area (Å²) in [5, 5.41) is 2.15. The standard InChI is InChI=1S/C22H26N2O4S/c1-16(2)29(27,28)20-11-4-3-10-19(20)21(25)23-15-17-8-7-9-18(14-17)22(26)24-12-5-6-13-24/h3-4,7-11,14,16H,5-6,12-13,15H2,1-2H3,(H,23,25). The van der Waals surface area contributed by atoms with E-state index in [-0.39, 0.29) is 22.9 Å². The summed E-state index contributed by atoms with van der Waals surface area (Å²) in [6.45, 7) is 4.94. The number of sulfone groups is 1. The molecule has 6 nitrogen and oxygen atoms in total. The Hall–Kier alpha value is -2.67. The Labute approximate surface area is 171 Å². The lowest BCUT2D eigenvalue weighted by Gasteiger charge is -2.16. The van der Waals surface area contributed by atoms with Crippen molar-refractivity contribution in [3.05, 3.63) is 65.2 Å². The molecule has 1 N–H and O–H groups in total. The highest BCUT2D eigenvalue weighted by atomic mass is 32.2. The minimum absolute atomic E-state index is 0.00375. The largest absolute Gasteiger partial charge is 0.348 e. The van der Waals surface area contributed by atoms with Crippen LogP contribution in [0.4, 0.5) is 0 Å². The number of carbonyl (C=O) groups is 2. The summed E-state index contributed by atoms with van der Waals surface area (Å²) in [5.41, 5.74) is 1.51. The van der Waals surface area contributed by atoms with E-state index in [1.165, 1.54) is 12.1 Å². The first-order chi connectivity index (χ1) is 13.8. The number of hydrogen-bond donors (Lipinski definition) is 1. The SMILES string of the molecule is CC(C)S(=O)(=O)c1ccccc1C(=O)NCc1cccc(C(=O)N2CCCC2)c1. The van der Waals surface area contributed by atoms with Gasteiger partial charge in [0.05, 0.1) is 15.7 Å². The van der Waals surface area contributed by atoms with Gasteiger partial charge in [-0.1, -0.05) is 24.3 Å². The average Bonchev–Trinajstić information content (AvgIpc) is 3.26. The average molecular weight is 415 g/mol. The molecule has 2 amide bonds. The lowest BCUT2D eigenvalue weighted by molar-refractivity contribution is 0.0792. The van der Waals surface area contributed by atoms with E-state index in [4.69, 9.17) is 0 Å². The maximum absolute atomic E-state index is 12.7. The first kappa shape index (κ1) is 21.0. The first-order valence-electron chi connectivity index (χ1n) is 9.80. The summed E-state index contributed by atoms with van der Waals surface area (Å²) in [6, 6.07) is 13.4. The Bertz CT molecular complexity index is 1010. The molecular formula is C22H26N2O4S. The van der Waals surface area contributed by atoms with Crippen LogP contribution in [-0.2, 0) is 16.4 Å². The van der Waals surface area contributed by atoms with E-state index in [1.807, 2.05) is 11.0 Å². The molecule has 1 saturated heterocycles. The third-order valence-corrected chi connectivity index (χ3v) is 7.29. The fourth-order valence-corrected chi connectivity index (χ4v) is 4.59. The molecule has 7 heteroatoms. The highest BCUT2D eigenvalue weighted by Crippen LogP contribution is 2.21. The molecule has 1 heterocycles. The quantitative estimate of drug-likeness (QED) is 0.788. The van der Waals surface area contributed by atoms with Crippen molar-refractivity contribution in [1.29, 1.82) is 0 Å². The topological polar surface area (TPSA) is 83.5 Å². The van der Waals surface area contributed by atoms with Gasteiger partial charge < -0.3 is 10.2 Å². The van der Waals surface area contributed by atoms with Gasteiger partial charge in [-0.2, -0.15) is 0 Å². The normalized spacial score (nSPS) is 14.2. The van der Waals surface area contributed by atoms with Crippen molar-refractivity contribution in [2.45, 2.75) is 43.4 Å². The molecule has 0 aromatic heterocycles. The number of likely N-dealkylation sites (tertiary alicyclic amines) is 1. The summed E-state index contributed by atoms with van der Waals surface area (Å²) in [6.07, 6.45) is 2.06. The van der Waals surface area contributed by atoms with Crippen LogP contribution in [0.1, 0.15) is 53.0 Å². The van der Waals surface area contributed by atoms with Crippen LogP contribution in [0, 0.1) is 0 Å². The van der Waals surface area contributed by atoms with Crippen LogP contribution in [0.3, 0.4) is 0 Å². The van der Waals surface area contributed by atoms with Crippen molar-refractivity contribution in [3.8, 4) is 0 Å². The van der Waals surface area contributed by atoms with E-state index >= 15 is 0 Å². The van der Waals surface area contributed by atoms with Crippen molar-refractivity contribution in [2.24, 2.45) is 0 Å². The summed E-state index contributed by atoms with van der Waals surface area (Å²) in [5.74, 6) is -0.454. The van der Waals surface area contributed by atoms with Gasteiger partial charge in [0.1, 0.15) is 0 Å². The third kappa shape index (κ3) is 4.67. The monoisotopic (exact) mass is 414 g/mol. The van der Waals surface area contributed by atoms with E-state index in [1.54, 1.807) is 44.2 Å². The van der Waals surface area contributed by atoms with Crippen molar-refractivity contribution >= 4 is 21.7 Å². The van der Waals surface area contributed by atoms with Crippen LogP contribution < -0.4 is 5.32 Å². The Morgan fingerprint density at radius 3 is 2.41 bits per heavy atom. The molecule has 0 spiro atoms. The molecule has 29 heavy (non-hydrogen) atoms. The zero-order valence-electron chi connectivity index (χ0n) is 16.7. The third-order valence-electron chi connectivity index (χ3n) is 5.08. The molecule has 0 aliphatic carbocycles. The lowest BCUT2D eigenvalue weighted by Crippen LogP contribution is -2.28. The molecule has 0 radical (unpaired) electrons. The molecule has 2 aromatic rings. The van der Waals surface area contributed by atoms with E-state index in [0.717, 1.165) is 31.5 Å². The van der Waals surface area contributed by atoms with Crippen LogP contribution in [0.25, 0.3) is 0 Å². The van der Waals surface area contributed by atoms with Crippen LogP contribution in [-0.4, -0.2) is 43.5 Å². The number of rotatable bonds is 6. The van der Waals surface area contributed by atoms with Crippen LogP contribution in [0.5, 0.6) is 0 Å². The molecule has 1 aliphatic rings. The summed E-state index contributed by atoms with van der Waals surface area (Å²) in [4.78, 5) is 27.1. The molecule has 154 valence electrons. The van der Waals surface area contributed by atoms with Gasteiger partial charge in [-0.3, -0.25) is 9.59 Å². The summed E-state index contributed by atoms with van der Waals surface area (Å²) >= 11 is 0. The van der Waals surface area contributed by atoms with Crippen molar-refractivity contribution < 1.29 is 18.0 Å². The molecule has 3 rings (SSSR count). The molecule has 1 fully saturated rings. The van der Waals surface area contributed by atoms with Gasteiger partial charge in [0.2, 0.25) is 0 Å². The maximum Gasteiger partial charge on any atom is 0.253 e. The van der Waals surface area contributed by atoms with Gasteiger partial charge in [0, 0.05) is 25.2 Å². The number of nitrogens with one attached hydrogen (secondary N) is 1. The highest BCUT2D eigenvalue weighted by molar-refractivity contribution is 7.92. The molecule has 0 saturated carbocycles. The molecule has 0 bridgehead atoms. The van der Waals surface area contributed by atoms with Crippen molar-refractivity contribution in [3.63, 3.8) is 0 Å². The summed E-state index contributed by atoms with van der Waals surface area (Å²) < 4.78 is 25.1. The number of hydrogen-bond acceptors (Lipinski definition) is 4. The van der Waals surface area contributed by atoms with E-state index in [2.05, 4.69) is 5.32 Å². The Morgan fingerprint density at radius 2 is 1.72 bits per heavy atom. The molecule has 0 unspecified atom stereocenters. The second kappa shape index (κ2) is 8.78. The zero-order chi connectivity index (χ0) is 21.0. The lowest BCUT2D eigenvalue weighted by atomic mass is 10.1. The second-order valence-corrected chi connectivity index (χ2v) is 9.94. The van der Waals surface area contributed by atoms with Gasteiger partial charge >= 0.3 is 0 Å². The van der Waals surface area contributed by atoms with Gasteiger partial charge in [-0.05, 0) is 56.5 Å². The van der Waals surface area contributed by atoms with E-state index < -0.39 is 21.0 Å². The number of amides is 2. The van der Waals surface area contributed by atoms with Crippen LogP contribution in [0.2, 0.25) is 0 Å². The number of nitrogens with zero attached hydrogens (tertiary/aromatic N) is 1. The van der Waals surface area contributed by atoms with Crippen molar-refractivity contribution in [1.82, 2.24) is 10.2 Å². The van der Waals surface area contributed by atoms with E-state index in [9.17, 15) is 18.0 Å². The minimum atomic E-state index is -3.57. The Balaban J connectivity index is 1.74. The smallest absolute Gasteiger partial charge is 0.253 e. The van der Waals surface area contributed by atoms with E-state index in [0.29, 0.717) is 5.56 Å². The molecule has 2 aromatic carbocycles. The fraction of sp³-hybridized carbons (Fsp3) is 0.364. The Morgan fingerprint density at radius 1 is 1.03 bits per heavy atom. The minimum Gasteiger partial charge on any atom is -0.348 e. The predicted molar refractivity (Wildman–Crippen MR) is 112 cm³/mol. The number of benzene rings is 2. The molecule has 1 aliphatic heterocycles. The Kier molecular flexibility index (Phi) is 6.37. The van der Waals surface area contributed by atoms with Gasteiger partial charge in [-0.15, -0.1) is 0 Å². The maximum atomic E-state index is 12.7. The predicted octanol–water partition coefficient (Wildman–Crippen LogP) is 3.03. The molecule has 0 atom stereocenters.